The van der Waals surface area contributed by atoms with E-state index in [1.807, 2.05) is 0 Å². The van der Waals surface area contributed by atoms with Gasteiger partial charge in [-0.1, -0.05) is 11.6 Å². The maximum absolute atomic E-state index is 13.0. The van der Waals surface area contributed by atoms with E-state index in [1.54, 1.807) is 6.92 Å². The first-order valence-electron chi connectivity index (χ1n) is 3.42. The summed E-state index contributed by atoms with van der Waals surface area (Å²) in [7, 11) is 0. The van der Waals surface area contributed by atoms with Crippen molar-refractivity contribution in [2.24, 2.45) is 5.73 Å². The standard InChI is InChI=1S/C8H8BrClFN/c1-4(12)5-2-8(11)6(9)3-7(5)10/h2-4H,12H2,1H3/t4-/m1/s1. The van der Waals surface area contributed by atoms with Gasteiger partial charge in [-0.15, -0.1) is 0 Å². The summed E-state index contributed by atoms with van der Waals surface area (Å²) >= 11 is 8.85. The molecule has 0 spiro atoms. The zero-order valence-electron chi connectivity index (χ0n) is 6.44. The van der Waals surface area contributed by atoms with Gasteiger partial charge < -0.3 is 5.73 Å². The summed E-state index contributed by atoms with van der Waals surface area (Å²) in [6.45, 7) is 1.76. The molecular formula is C8H8BrClFN. The molecule has 0 bridgehead atoms. The van der Waals surface area contributed by atoms with Crippen LogP contribution in [0.25, 0.3) is 0 Å². The Bertz CT molecular complexity index is 301. The number of benzene rings is 1. The molecule has 0 aliphatic rings. The predicted molar refractivity (Wildman–Crippen MR) is 51.7 cm³/mol. The molecule has 4 heteroatoms. The lowest BCUT2D eigenvalue weighted by atomic mass is 10.1. The molecule has 1 aromatic carbocycles. The zero-order valence-corrected chi connectivity index (χ0v) is 8.79. The molecule has 1 nitrogen and oxygen atoms in total. The highest BCUT2D eigenvalue weighted by Gasteiger charge is 2.09. The van der Waals surface area contributed by atoms with Crippen LogP contribution < -0.4 is 5.73 Å². The first kappa shape index (κ1) is 9.96. The van der Waals surface area contributed by atoms with E-state index in [-0.39, 0.29) is 11.9 Å². The summed E-state index contributed by atoms with van der Waals surface area (Å²) in [5.41, 5.74) is 6.19. The average Bonchev–Trinajstić information content (AvgIpc) is 1.96. The van der Waals surface area contributed by atoms with E-state index < -0.39 is 0 Å². The highest BCUT2D eigenvalue weighted by Crippen LogP contribution is 2.27. The van der Waals surface area contributed by atoms with Crippen molar-refractivity contribution < 1.29 is 4.39 Å². The quantitative estimate of drug-likeness (QED) is 0.763. The van der Waals surface area contributed by atoms with Crippen LogP contribution >= 0.6 is 27.5 Å². The second kappa shape index (κ2) is 3.73. The van der Waals surface area contributed by atoms with Gasteiger partial charge in [0.15, 0.2) is 0 Å². The minimum Gasteiger partial charge on any atom is -0.324 e. The second-order valence-electron chi connectivity index (χ2n) is 2.58. The van der Waals surface area contributed by atoms with Crippen molar-refractivity contribution in [3.8, 4) is 0 Å². The van der Waals surface area contributed by atoms with Gasteiger partial charge in [-0.25, -0.2) is 4.39 Å². The van der Waals surface area contributed by atoms with E-state index in [4.69, 9.17) is 17.3 Å². The van der Waals surface area contributed by atoms with Crippen molar-refractivity contribution in [3.63, 3.8) is 0 Å². The van der Waals surface area contributed by atoms with Gasteiger partial charge in [0.25, 0.3) is 0 Å². The molecule has 0 saturated heterocycles. The van der Waals surface area contributed by atoms with Crippen LogP contribution in [-0.4, -0.2) is 0 Å². The molecule has 66 valence electrons. The number of hydrogen-bond acceptors (Lipinski definition) is 1. The molecule has 0 unspecified atom stereocenters. The maximum Gasteiger partial charge on any atom is 0.137 e. The Morgan fingerprint density at radius 3 is 2.67 bits per heavy atom. The van der Waals surface area contributed by atoms with Crippen LogP contribution in [0.4, 0.5) is 4.39 Å². The summed E-state index contributed by atoms with van der Waals surface area (Å²) < 4.78 is 13.3. The molecule has 1 atom stereocenters. The summed E-state index contributed by atoms with van der Waals surface area (Å²) in [5, 5.41) is 0.485. The van der Waals surface area contributed by atoms with E-state index in [1.165, 1.54) is 12.1 Å². The van der Waals surface area contributed by atoms with Crippen molar-refractivity contribution in [1.29, 1.82) is 0 Å². The number of hydrogen-bond donors (Lipinski definition) is 1. The summed E-state index contributed by atoms with van der Waals surface area (Å²) in [5.74, 6) is -0.341. The Kier molecular flexibility index (Phi) is 3.09. The third-order valence-corrected chi connectivity index (χ3v) is 2.47. The van der Waals surface area contributed by atoms with Gasteiger partial charge in [0.2, 0.25) is 0 Å². The van der Waals surface area contributed by atoms with Gasteiger partial charge in [-0.3, -0.25) is 0 Å². The Morgan fingerprint density at radius 1 is 1.58 bits per heavy atom. The van der Waals surface area contributed by atoms with Crippen molar-refractivity contribution in [1.82, 2.24) is 0 Å². The smallest absolute Gasteiger partial charge is 0.137 e. The fourth-order valence-electron chi connectivity index (χ4n) is 0.887. The zero-order chi connectivity index (χ0) is 9.30. The lowest BCUT2D eigenvalue weighted by molar-refractivity contribution is 0.615. The van der Waals surface area contributed by atoms with Crippen LogP contribution in [0, 0.1) is 5.82 Å². The lowest BCUT2D eigenvalue weighted by Gasteiger charge is -2.08. The van der Waals surface area contributed by atoms with Crippen LogP contribution in [0.1, 0.15) is 18.5 Å². The van der Waals surface area contributed by atoms with Gasteiger partial charge >= 0.3 is 0 Å². The SMILES string of the molecule is C[C@@H](N)c1cc(F)c(Br)cc1Cl. The predicted octanol–water partition coefficient (Wildman–Crippen LogP) is 3.26. The molecule has 0 aliphatic carbocycles. The monoisotopic (exact) mass is 251 g/mol. The second-order valence-corrected chi connectivity index (χ2v) is 3.84. The van der Waals surface area contributed by atoms with Crippen molar-refractivity contribution >= 4 is 27.5 Å². The molecule has 0 amide bonds. The van der Waals surface area contributed by atoms with Crippen molar-refractivity contribution in [2.45, 2.75) is 13.0 Å². The molecule has 12 heavy (non-hydrogen) atoms. The number of nitrogens with two attached hydrogens (primary N) is 1. The Labute approximate surface area is 83.8 Å². The van der Waals surface area contributed by atoms with E-state index in [0.29, 0.717) is 15.1 Å². The molecule has 0 saturated carbocycles. The number of halogens is 3. The topological polar surface area (TPSA) is 26.0 Å². The van der Waals surface area contributed by atoms with Gasteiger partial charge in [0.1, 0.15) is 5.82 Å². The molecular weight excluding hydrogens is 244 g/mol. The summed E-state index contributed by atoms with van der Waals surface area (Å²) in [6.07, 6.45) is 0. The van der Waals surface area contributed by atoms with Crippen LogP contribution in [0.15, 0.2) is 16.6 Å². The van der Waals surface area contributed by atoms with E-state index >= 15 is 0 Å². The Morgan fingerprint density at radius 2 is 2.17 bits per heavy atom. The van der Waals surface area contributed by atoms with Gasteiger partial charge in [-0.05, 0) is 40.5 Å². The fourth-order valence-corrected chi connectivity index (χ4v) is 1.70. The van der Waals surface area contributed by atoms with Gasteiger partial charge in [-0.2, -0.15) is 0 Å². The highest BCUT2D eigenvalue weighted by molar-refractivity contribution is 9.10. The van der Waals surface area contributed by atoms with Gasteiger partial charge in [0, 0.05) is 11.1 Å². The van der Waals surface area contributed by atoms with E-state index in [2.05, 4.69) is 15.9 Å². The van der Waals surface area contributed by atoms with E-state index in [0.717, 1.165) is 0 Å². The normalized spacial score (nSPS) is 13.1. The minimum absolute atomic E-state index is 0.250. The molecule has 0 fully saturated rings. The van der Waals surface area contributed by atoms with Crippen LogP contribution in [0.3, 0.4) is 0 Å². The third kappa shape index (κ3) is 1.97. The van der Waals surface area contributed by atoms with Crippen LogP contribution in [0.5, 0.6) is 0 Å². The van der Waals surface area contributed by atoms with Crippen molar-refractivity contribution in [2.75, 3.05) is 0 Å². The van der Waals surface area contributed by atoms with Crippen LogP contribution in [0.2, 0.25) is 5.02 Å². The number of rotatable bonds is 1. The molecule has 0 aromatic heterocycles. The maximum atomic E-state index is 13.0. The molecule has 2 N–H and O–H groups in total. The minimum atomic E-state index is -0.341. The largest absolute Gasteiger partial charge is 0.324 e. The lowest BCUT2D eigenvalue weighted by Crippen LogP contribution is -2.06. The first-order chi connectivity index (χ1) is 5.52. The molecule has 1 rings (SSSR count). The van der Waals surface area contributed by atoms with Gasteiger partial charge in [0.05, 0.1) is 4.47 Å². The van der Waals surface area contributed by atoms with Crippen molar-refractivity contribution in [3.05, 3.63) is 33.0 Å². The third-order valence-electron chi connectivity index (χ3n) is 1.53. The average molecular weight is 253 g/mol. The molecule has 0 aliphatic heterocycles. The Hall–Kier alpha value is -0.120. The fraction of sp³-hybridized carbons (Fsp3) is 0.250. The molecule has 1 aromatic rings. The summed E-state index contributed by atoms with van der Waals surface area (Å²) in [6, 6.07) is 2.60. The van der Waals surface area contributed by atoms with E-state index in [9.17, 15) is 4.39 Å². The Balaban J connectivity index is 3.23. The first-order valence-corrected chi connectivity index (χ1v) is 4.59. The summed E-state index contributed by atoms with van der Waals surface area (Å²) in [4.78, 5) is 0. The molecule has 0 radical (unpaired) electrons. The molecule has 0 heterocycles. The van der Waals surface area contributed by atoms with Crippen LogP contribution in [-0.2, 0) is 0 Å². The highest BCUT2D eigenvalue weighted by atomic mass is 79.9.